The Balaban J connectivity index is 1.85. The quantitative estimate of drug-likeness (QED) is 0.754. The van der Waals surface area contributed by atoms with Gasteiger partial charge in [0.1, 0.15) is 11.8 Å². The highest BCUT2D eigenvalue weighted by Crippen LogP contribution is 2.29. The highest BCUT2D eigenvalue weighted by molar-refractivity contribution is 5.98. The van der Waals surface area contributed by atoms with Crippen LogP contribution < -0.4 is 10.1 Å². The van der Waals surface area contributed by atoms with Crippen LogP contribution in [0.3, 0.4) is 0 Å². The van der Waals surface area contributed by atoms with E-state index in [9.17, 15) is 4.79 Å². The average Bonchev–Trinajstić information content (AvgIpc) is 2.99. The molecule has 3 rings (SSSR count). The SMILES string of the molecule is CCOc1cccc2[nH]cc(CC(=O)Nc3ccccc3C#N)c12. The Morgan fingerprint density at radius 1 is 1.25 bits per heavy atom. The van der Waals surface area contributed by atoms with Gasteiger partial charge in [0.05, 0.1) is 24.3 Å². The molecular formula is C19H17N3O2. The van der Waals surface area contributed by atoms with Crippen molar-refractivity contribution in [2.75, 3.05) is 11.9 Å². The number of carbonyl (C=O) groups excluding carboxylic acids is 1. The zero-order chi connectivity index (χ0) is 16.9. The number of aromatic amines is 1. The lowest BCUT2D eigenvalue weighted by Gasteiger charge is -2.08. The van der Waals surface area contributed by atoms with E-state index in [0.717, 1.165) is 22.2 Å². The Kier molecular flexibility index (Phi) is 4.48. The minimum Gasteiger partial charge on any atom is -0.493 e. The van der Waals surface area contributed by atoms with Crippen molar-refractivity contribution in [3.05, 3.63) is 59.8 Å². The summed E-state index contributed by atoms with van der Waals surface area (Å²) in [6.07, 6.45) is 2.02. The number of nitrogens with zero attached hydrogens (tertiary/aromatic N) is 1. The van der Waals surface area contributed by atoms with Gasteiger partial charge in [-0.05, 0) is 36.8 Å². The summed E-state index contributed by atoms with van der Waals surface area (Å²) in [7, 11) is 0. The second kappa shape index (κ2) is 6.88. The summed E-state index contributed by atoms with van der Waals surface area (Å²) in [4.78, 5) is 15.6. The van der Waals surface area contributed by atoms with E-state index in [0.29, 0.717) is 17.9 Å². The standard InChI is InChI=1S/C19H17N3O2/c1-2-24-17-9-5-8-16-19(17)14(12-21-16)10-18(23)22-15-7-4-3-6-13(15)11-20/h3-9,12,21H,2,10H2,1H3,(H,22,23). The van der Waals surface area contributed by atoms with E-state index in [1.807, 2.05) is 31.3 Å². The number of amides is 1. The van der Waals surface area contributed by atoms with Gasteiger partial charge in [-0.3, -0.25) is 4.79 Å². The molecule has 0 radical (unpaired) electrons. The van der Waals surface area contributed by atoms with Crippen LogP contribution in [0.25, 0.3) is 10.9 Å². The molecule has 0 bridgehead atoms. The molecule has 0 aliphatic carbocycles. The summed E-state index contributed by atoms with van der Waals surface area (Å²) in [6, 6.07) is 14.8. The minimum atomic E-state index is -0.176. The molecule has 1 heterocycles. The summed E-state index contributed by atoms with van der Waals surface area (Å²) < 4.78 is 5.66. The molecule has 0 unspecified atom stereocenters. The first-order valence-corrected chi connectivity index (χ1v) is 7.73. The van der Waals surface area contributed by atoms with Gasteiger partial charge in [0.25, 0.3) is 0 Å². The lowest BCUT2D eigenvalue weighted by Crippen LogP contribution is -2.15. The third kappa shape index (κ3) is 3.08. The number of hydrogen-bond donors (Lipinski definition) is 2. The largest absolute Gasteiger partial charge is 0.493 e. The van der Waals surface area contributed by atoms with Gasteiger partial charge >= 0.3 is 0 Å². The van der Waals surface area contributed by atoms with Gasteiger partial charge in [-0.15, -0.1) is 0 Å². The minimum absolute atomic E-state index is 0.176. The predicted molar refractivity (Wildman–Crippen MR) is 93.0 cm³/mol. The molecule has 2 N–H and O–H groups in total. The van der Waals surface area contributed by atoms with Gasteiger partial charge in [-0.2, -0.15) is 5.26 Å². The van der Waals surface area contributed by atoms with Crippen LogP contribution in [0.5, 0.6) is 5.75 Å². The van der Waals surface area contributed by atoms with Crippen LogP contribution in [-0.4, -0.2) is 17.5 Å². The molecule has 2 aromatic carbocycles. The molecule has 5 heteroatoms. The molecule has 5 nitrogen and oxygen atoms in total. The third-order valence-corrected chi connectivity index (χ3v) is 3.72. The summed E-state index contributed by atoms with van der Waals surface area (Å²) in [6.45, 7) is 2.49. The number of H-pyrrole nitrogens is 1. The van der Waals surface area contributed by atoms with Gasteiger partial charge < -0.3 is 15.0 Å². The summed E-state index contributed by atoms with van der Waals surface area (Å²) in [5.41, 5.74) is 2.76. The van der Waals surface area contributed by atoms with E-state index in [1.165, 1.54) is 0 Å². The molecule has 120 valence electrons. The van der Waals surface area contributed by atoms with Crippen LogP contribution in [0, 0.1) is 11.3 Å². The topological polar surface area (TPSA) is 77.9 Å². The number of ether oxygens (including phenoxy) is 1. The van der Waals surface area contributed by atoms with Crippen molar-refractivity contribution in [2.24, 2.45) is 0 Å². The van der Waals surface area contributed by atoms with Crippen LogP contribution >= 0.6 is 0 Å². The van der Waals surface area contributed by atoms with Crippen LogP contribution in [0.1, 0.15) is 18.1 Å². The highest BCUT2D eigenvalue weighted by Gasteiger charge is 2.14. The molecule has 24 heavy (non-hydrogen) atoms. The normalized spacial score (nSPS) is 10.3. The average molecular weight is 319 g/mol. The maximum absolute atomic E-state index is 12.4. The van der Waals surface area contributed by atoms with E-state index in [-0.39, 0.29) is 12.3 Å². The van der Waals surface area contributed by atoms with Gasteiger partial charge in [-0.1, -0.05) is 18.2 Å². The molecule has 0 aliphatic heterocycles. The van der Waals surface area contributed by atoms with Gasteiger partial charge in [-0.25, -0.2) is 0 Å². The Hall–Kier alpha value is -3.26. The van der Waals surface area contributed by atoms with Crippen molar-refractivity contribution in [1.82, 2.24) is 4.98 Å². The molecule has 0 saturated heterocycles. The van der Waals surface area contributed by atoms with Crippen LogP contribution in [0.15, 0.2) is 48.7 Å². The van der Waals surface area contributed by atoms with E-state index in [4.69, 9.17) is 10.00 Å². The van der Waals surface area contributed by atoms with Crippen molar-refractivity contribution in [1.29, 1.82) is 5.26 Å². The number of para-hydroxylation sites is 1. The Bertz CT molecular complexity index is 922. The fourth-order valence-corrected chi connectivity index (χ4v) is 2.69. The van der Waals surface area contributed by atoms with Crippen LogP contribution in [-0.2, 0) is 11.2 Å². The number of aromatic nitrogens is 1. The number of nitrogens with one attached hydrogen (secondary N) is 2. The number of benzene rings is 2. The Morgan fingerprint density at radius 2 is 2.08 bits per heavy atom. The van der Waals surface area contributed by atoms with Gasteiger partial charge in [0.2, 0.25) is 5.91 Å². The molecule has 0 fully saturated rings. The van der Waals surface area contributed by atoms with Gasteiger partial charge in [0, 0.05) is 17.1 Å². The Labute approximate surface area is 139 Å². The van der Waals surface area contributed by atoms with Crippen LogP contribution in [0.4, 0.5) is 5.69 Å². The molecule has 1 aromatic heterocycles. The second-order valence-electron chi connectivity index (χ2n) is 5.31. The summed E-state index contributed by atoms with van der Waals surface area (Å²) >= 11 is 0. The Morgan fingerprint density at radius 3 is 2.88 bits per heavy atom. The lowest BCUT2D eigenvalue weighted by atomic mass is 10.1. The van der Waals surface area contributed by atoms with Crippen LogP contribution in [0.2, 0.25) is 0 Å². The first kappa shape index (κ1) is 15.6. The zero-order valence-corrected chi connectivity index (χ0v) is 13.3. The van der Waals surface area contributed by atoms with E-state index < -0.39 is 0 Å². The maximum atomic E-state index is 12.4. The van der Waals surface area contributed by atoms with E-state index in [2.05, 4.69) is 16.4 Å². The maximum Gasteiger partial charge on any atom is 0.228 e. The van der Waals surface area contributed by atoms with Crippen molar-refractivity contribution >= 4 is 22.5 Å². The fourth-order valence-electron chi connectivity index (χ4n) is 2.69. The lowest BCUT2D eigenvalue weighted by molar-refractivity contribution is -0.115. The number of hydrogen-bond acceptors (Lipinski definition) is 3. The van der Waals surface area contributed by atoms with Crippen molar-refractivity contribution in [3.63, 3.8) is 0 Å². The van der Waals surface area contributed by atoms with Crippen molar-refractivity contribution in [2.45, 2.75) is 13.3 Å². The van der Waals surface area contributed by atoms with E-state index >= 15 is 0 Å². The van der Waals surface area contributed by atoms with E-state index in [1.54, 1.807) is 24.3 Å². The van der Waals surface area contributed by atoms with Gasteiger partial charge in [0.15, 0.2) is 0 Å². The monoisotopic (exact) mass is 319 g/mol. The molecule has 0 spiro atoms. The third-order valence-electron chi connectivity index (χ3n) is 3.72. The molecule has 0 saturated carbocycles. The van der Waals surface area contributed by atoms with Crippen molar-refractivity contribution in [3.8, 4) is 11.8 Å². The number of nitriles is 1. The zero-order valence-electron chi connectivity index (χ0n) is 13.3. The molecule has 0 atom stereocenters. The molecular weight excluding hydrogens is 302 g/mol. The number of anilines is 1. The number of carbonyl (C=O) groups is 1. The molecule has 1 amide bonds. The predicted octanol–water partition coefficient (Wildman–Crippen LogP) is 3.62. The first-order chi connectivity index (χ1) is 11.7. The summed E-state index contributed by atoms with van der Waals surface area (Å²) in [5.74, 6) is 0.585. The molecule has 3 aromatic rings. The molecule has 0 aliphatic rings. The highest BCUT2D eigenvalue weighted by atomic mass is 16.5. The first-order valence-electron chi connectivity index (χ1n) is 7.73. The fraction of sp³-hybridized carbons (Fsp3) is 0.158. The van der Waals surface area contributed by atoms with Crippen molar-refractivity contribution < 1.29 is 9.53 Å². The summed E-state index contributed by atoms with van der Waals surface area (Å²) in [5, 5.41) is 12.8. The number of rotatable bonds is 5. The second-order valence-corrected chi connectivity index (χ2v) is 5.31. The smallest absolute Gasteiger partial charge is 0.228 e. The number of fused-ring (bicyclic) bond motifs is 1.